The van der Waals surface area contributed by atoms with Gasteiger partial charge in [-0.3, -0.25) is 9.59 Å². The van der Waals surface area contributed by atoms with E-state index in [4.69, 9.17) is 4.74 Å². The molecule has 0 spiro atoms. The predicted molar refractivity (Wildman–Crippen MR) is 98.9 cm³/mol. The maximum absolute atomic E-state index is 12.7. The van der Waals surface area contributed by atoms with Crippen LogP contribution in [0, 0.1) is 0 Å². The van der Waals surface area contributed by atoms with Crippen LogP contribution in [0.1, 0.15) is 37.0 Å². The molecule has 0 bridgehead atoms. The van der Waals surface area contributed by atoms with Gasteiger partial charge in [-0.05, 0) is 26.3 Å². The molecule has 26 heavy (non-hydrogen) atoms. The number of thioether (sulfide) groups is 1. The van der Waals surface area contributed by atoms with Crippen molar-refractivity contribution in [2.75, 3.05) is 5.75 Å². The number of rotatable bonds is 4. The smallest absolute Gasteiger partial charge is 0.330 e. The largest absolute Gasteiger partial charge is 0.453 e. The van der Waals surface area contributed by atoms with Crippen molar-refractivity contribution in [2.24, 2.45) is 0 Å². The van der Waals surface area contributed by atoms with Gasteiger partial charge in [0.15, 0.2) is 6.10 Å². The van der Waals surface area contributed by atoms with Crippen molar-refractivity contribution in [3.05, 3.63) is 36.0 Å². The molecule has 3 heterocycles. The highest BCUT2D eigenvalue weighted by Gasteiger charge is 2.53. The average Bonchev–Trinajstić information content (AvgIpc) is 3.28. The SMILES string of the molecule is C[C@H](OC(=O)[C@@H]1CS[C@@]2(C)CCC(=O)N12)C(=O)c1c[nH]c2ccccc12. The molecule has 2 fully saturated rings. The van der Waals surface area contributed by atoms with Crippen LogP contribution in [0.4, 0.5) is 0 Å². The Morgan fingerprint density at radius 2 is 2.15 bits per heavy atom. The molecule has 1 amide bonds. The number of ketones is 1. The van der Waals surface area contributed by atoms with Crippen LogP contribution in [-0.2, 0) is 14.3 Å². The van der Waals surface area contributed by atoms with Gasteiger partial charge in [0.25, 0.3) is 0 Å². The van der Waals surface area contributed by atoms with Crippen LogP contribution in [0.2, 0.25) is 0 Å². The number of benzene rings is 1. The molecule has 2 aromatic rings. The summed E-state index contributed by atoms with van der Waals surface area (Å²) in [6, 6.07) is 6.88. The van der Waals surface area contributed by atoms with Gasteiger partial charge in [0.2, 0.25) is 11.7 Å². The number of nitrogens with one attached hydrogen (secondary N) is 1. The van der Waals surface area contributed by atoms with Gasteiger partial charge >= 0.3 is 5.97 Å². The number of hydrogen-bond acceptors (Lipinski definition) is 5. The zero-order valence-corrected chi connectivity index (χ0v) is 15.5. The highest BCUT2D eigenvalue weighted by Crippen LogP contribution is 2.47. The van der Waals surface area contributed by atoms with E-state index in [0.717, 1.165) is 17.3 Å². The van der Waals surface area contributed by atoms with Crippen LogP contribution in [0.15, 0.2) is 30.5 Å². The Hall–Kier alpha value is -2.28. The average molecular weight is 372 g/mol. The van der Waals surface area contributed by atoms with E-state index in [1.165, 1.54) is 0 Å². The number of para-hydroxylation sites is 1. The van der Waals surface area contributed by atoms with Crippen molar-refractivity contribution in [1.82, 2.24) is 9.88 Å². The van der Waals surface area contributed by atoms with E-state index in [-0.39, 0.29) is 16.6 Å². The number of carbonyl (C=O) groups excluding carboxylic acids is 3. The standard InChI is InChI=1S/C19H20N2O4S/c1-11(17(23)13-9-20-14-6-4-3-5-12(13)14)25-18(24)15-10-26-19(2)8-7-16(22)21(15)19/h3-6,9,11,15,20H,7-8,10H2,1-2H3/t11-,15-,19-/m0/s1. The zero-order chi connectivity index (χ0) is 18.5. The topological polar surface area (TPSA) is 79.5 Å². The molecule has 6 nitrogen and oxygen atoms in total. The summed E-state index contributed by atoms with van der Waals surface area (Å²) in [5.41, 5.74) is 1.36. The number of aromatic nitrogens is 1. The fourth-order valence-corrected chi connectivity index (χ4v) is 5.21. The molecule has 1 aromatic carbocycles. The number of Topliss-reactive ketones (excluding diaryl/α,β-unsaturated/α-hetero) is 1. The molecule has 2 aliphatic rings. The minimum Gasteiger partial charge on any atom is -0.453 e. The van der Waals surface area contributed by atoms with Crippen LogP contribution in [0.5, 0.6) is 0 Å². The first kappa shape index (κ1) is 17.1. The Kier molecular flexibility index (Phi) is 4.06. The Balaban J connectivity index is 1.49. The van der Waals surface area contributed by atoms with Crippen LogP contribution in [0.3, 0.4) is 0 Å². The van der Waals surface area contributed by atoms with Crippen LogP contribution in [-0.4, -0.2) is 50.3 Å². The molecule has 2 saturated heterocycles. The number of fused-ring (bicyclic) bond motifs is 2. The first-order chi connectivity index (χ1) is 12.4. The summed E-state index contributed by atoms with van der Waals surface area (Å²) in [4.78, 5) is 41.9. The van der Waals surface area contributed by atoms with Crippen molar-refractivity contribution in [3.63, 3.8) is 0 Å². The van der Waals surface area contributed by atoms with Gasteiger partial charge < -0.3 is 14.6 Å². The molecule has 1 aromatic heterocycles. The molecule has 7 heteroatoms. The monoisotopic (exact) mass is 372 g/mol. The second-order valence-corrected chi connectivity index (χ2v) is 8.46. The normalized spacial score (nSPS) is 26.2. The minimum atomic E-state index is -0.906. The lowest BCUT2D eigenvalue weighted by Gasteiger charge is -2.29. The first-order valence-electron chi connectivity index (χ1n) is 8.68. The molecule has 0 unspecified atom stereocenters. The van der Waals surface area contributed by atoms with Gasteiger partial charge in [-0.2, -0.15) is 0 Å². The van der Waals surface area contributed by atoms with Gasteiger partial charge in [-0.15, -0.1) is 11.8 Å². The summed E-state index contributed by atoms with van der Waals surface area (Å²) in [6.45, 7) is 3.56. The molecule has 3 atom stereocenters. The molecular formula is C19H20N2O4S. The molecule has 136 valence electrons. The molecule has 0 aliphatic carbocycles. The second kappa shape index (κ2) is 6.16. The number of H-pyrrole nitrogens is 1. The quantitative estimate of drug-likeness (QED) is 0.659. The highest BCUT2D eigenvalue weighted by molar-refractivity contribution is 8.01. The lowest BCUT2D eigenvalue weighted by atomic mass is 10.1. The first-order valence-corrected chi connectivity index (χ1v) is 9.66. The molecular weight excluding hydrogens is 352 g/mol. The summed E-state index contributed by atoms with van der Waals surface area (Å²) in [5.74, 6) is -0.265. The van der Waals surface area contributed by atoms with E-state index in [2.05, 4.69) is 4.98 Å². The number of hydrogen-bond donors (Lipinski definition) is 1. The Morgan fingerprint density at radius 1 is 1.38 bits per heavy atom. The minimum absolute atomic E-state index is 0.0185. The van der Waals surface area contributed by atoms with Crippen LogP contribution >= 0.6 is 11.8 Å². The van der Waals surface area contributed by atoms with Gasteiger partial charge in [0.05, 0.1) is 4.87 Å². The van der Waals surface area contributed by atoms with E-state index in [1.807, 2.05) is 31.2 Å². The summed E-state index contributed by atoms with van der Waals surface area (Å²) < 4.78 is 5.46. The van der Waals surface area contributed by atoms with Gasteiger partial charge in [0.1, 0.15) is 6.04 Å². The Bertz CT molecular complexity index is 908. The van der Waals surface area contributed by atoms with E-state index in [1.54, 1.807) is 29.8 Å². The highest BCUT2D eigenvalue weighted by atomic mass is 32.2. The second-order valence-electron chi connectivity index (χ2n) is 6.96. The fourth-order valence-electron chi connectivity index (χ4n) is 3.80. The number of nitrogens with zero attached hydrogens (tertiary/aromatic N) is 1. The summed E-state index contributed by atoms with van der Waals surface area (Å²) in [5, 5.41) is 0.805. The maximum atomic E-state index is 12.7. The number of ether oxygens (including phenoxy) is 1. The number of aromatic amines is 1. The van der Waals surface area contributed by atoms with Crippen molar-refractivity contribution in [2.45, 2.75) is 43.7 Å². The molecule has 2 aliphatic heterocycles. The van der Waals surface area contributed by atoms with Crippen molar-refractivity contribution < 1.29 is 19.1 Å². The number of amides is 1. The van der Waals surface area contributed by atoms with Crippen molar-refractivity contribution in [3.8, 4) is 0 Å². The molecule has 0 radical (unpaired) electrons. The fraction of sp³-hybridized carbons (Fsp3) is 0.421. The van der Waals surface area contributed by atoms with Gasteiger partial charge in [-0.25, -0.2) is 4.79 Å². The summed E-state index contributed by atoms with van der Waals surface area (Å²) in [7, 11) is 0. The lowest BCUT2D eigenvalue weighted by molar-refractivity contribution is -0.155. The third-order valence-corrected chi connectivity index (χ3v) is 6.74. The zero-order valence-electron chi connectivity index (χ0n) is 14.7. The number of carbonyl (C=O) groups is 3. The van der Waals surface area contributed by atoms with Crippen LogP contribution < -0.4 is 0 Å². The van der Waals surface area contributed by atoms with Gasteiger partial charge in [0, 0.05) is 34.8 Å². The van der Waals surface area contributed by atoms with E-state index in [9.17, 15) is 14.4 Å². The van der Waals surface area contributed by atoms with E-state index < -0.39 is 18.1 Å². The van der Waals surface area contributed by atoms with Crippen molar-refractivity contribution in [1.29, 1.82) is 0 Å². The number of esters is 1. The molecule has 0 saturated carbocycles. The van der Waals surface area contributed by atoms with Gasteiger partial charge in [-0.1, -0.05) is 18.2 Å². The van der Waals surface area contributed by atoms with Crippen molar-refractivity contribution >= 4 is 40.3 Å². The predicted octanol–water partition coefficient (Wildman–Crippen LogP) is 2.74. The maximum Gasteiger partial charge on any atom is 0.330 e. The Morgan fingerprint density at radius 3 is 2.96 bits per heavy atom. The third kappa shape index (κ3) is 2.61. The summed E-state index contributed by atoms with van der Waals surface area (Å²) in [6.07, 6.45) is 1.93. The molecule has 4 rings (SSSR count). The van der Waals surface area contributed by atoms with Crippen LogP contribution in [0.25, 0.3) is 10.9 Å². The van der Waals surface area contributed by atoms with E-state index in [0.29, 0.717) is 17.7 Å². The lowest BCUT2D eigenvalue weighted by Crippen LogP contribution is -2.47. The third-order valence-electron chi connectivity index (χ3n) is 5.23. The van der Waals surface area contributed by atoms with E-state index >= 15 is 0 Å². The summed E-state index contributed by atoms with van der Waals surface area (Å²) >= 11 is 1.60. The molecule has 1 N–H and O–H groups in total. The Labute approximate surface area is 155 Å².